The number of fused-ring (bicyclic) bond motifs is 1. The van der Waals surface area contributed by atoms with E-state index >= 15 is 0 Å². The fraction of sp³-hybridized carbons (Fsp3) is 0.370. The minimum absolute atomic E-state index is 0.141. The van der Waals surface area contributed by atoms with Crippen molar-refractivity contribution in [3.8, 4) is 11.1 Å². The molecule has 5 rings (SSSR count). The van der Waals surface area contributed by atoms with Crippen LogP contribution in [0, 0.1) is 6.92 Å². The van der Waals surface area contributed by atoms with Crippen molar-refractivity contribution in [2.24, 2.45) is 0 Å². The minimum atomic E-state index is -0.142. The van der Waals surface area contributed by atoms with Gasteiger partial charge in [-0.2, -0.15) is 5.10 Å². The average molecular weight is 505 g/mol. The summed E-state index contributed by atoms with van der Waals surface area (Å²) in [6.07, 6.45) is 5.37. The average Bonchev–Trinajstić information content (AvgIpc) is 3.53. The summed E-state index contributed by atoms with van der Waals surface area (Å²) in [7, 11) is 4.58. The van der Waals surface area contributed by atoms with Crippen LogP contribution in [0.3, 0.4) is 0 Å². The summed E-state index contributed by atoms with van der Waals surface area (Å²) >= 11 is 0. The summed E-state index contributed by atoms with van der Waals surface area (Å²) in [5, 5.41) is 5.52. The van der Waals surface area contributed by atoms with Crippen LogP contribution in [0.15, 0.2) is 49.1 Å². The monoisotopic (exact) mass is 504 g/mol. The van der Waals surface area contributed by atoms with Crippen molar-refractivity contribution in [2.45, 2.75) is 33.2 Å². The zero-order chi connectivity index (χ0) is 25.6. The number of imidazole rings is 1. The quantitative estimate of drug-likeness (QED) is 0.395. The maximum atomic E-state index is 13.4. The first-order chi connectivity index (χ1) is 17.1. The molecule has 8 nitrogen and oxygen atoms in total. The van der Waals surface area contributed by atoms with E-state index in [0.717, 1.165) is 52.1 Å². The molecule has 4 heterocycles. The van der Waals surface area contributed by atoms with Gasteiger partial charge in [-0.3, -0.25) is 4.79 Å². The van der Waals surface area contributed by atoms with Crippen molar-refractivity contribution in [1.82, 2.24) is 19.2 Å². The molecule has 1 aromatic carbocycles. The summed E-state index contributed by atoms with van der Waals surface area (Å²) in [6.45, 7) is 11.4. The number of aromatic nitrogens is 4. The van der Waals surface area contributed by atoms with Gasteiger partial charge in [0.2, 0.25) is 0 Å². The molecule has 3 aromatic heterocycles. The molecule has 1 unspecified atom stereocenters. The van der Waals surface area contributed by atoms with Crippen molar-refractivity contribution in [2.75, 3.05) is 43.2 Å². The highest BCUT2D eigenvalue weighted by Crippen LogP contribution is 2.32. The molecule has 1 atom stereocenters. The summed E-state index contributed by atoms with van der Waals surface area (Å²) in [5.41, 5.74) is 5.45. The van der Waals surface area contributed by atoms with Crippen LogP contribution in [-0.4, -0.2) is 58.4 Å². The number of benzene rings is 1. The number of ether oxygens (including phenoxy) is 1. The van der Waals surface area contributed by atoms with E-state index in [1.54, 1.807) is 18.3 Å². The van der Waals surface area contributed by atoms with Crippen LogP contribution < -0.4 is 15.1 Å². The van der Waals surface area contributed by atoms with E-state index in [9.17, 15) is 4.79 Å². The Morgan fingerprint density at radius 2 is 1.89 bits per heavy atom. The number of anilines is 2. The van der Waals surface area contributed by atoms with Gasteiger partial charge in [0.25, 0.3) is 5.91 Å². The molecule has 1 aliphatic heterocycles. The Labute approximate surface area is 214 Å². The first kappa shape index (κ1) is 24.5. The van der Waals surface area contributed by atoms with Gasteiger partial charge in [0.1, 0.15) is 11.5 Å². The second-order valence-corrected chi connectivity index (χ2v) is 10.9. The molecule has 188 valence electrons. The van der Waals surface area contributed by atoms with Crippen molar-refractivity contribution in [3.63, 3.8) is 0 Å². The molecule has 0 saturated carbocycles. The summed E-state index contributed by atoms with van der Waals surface area (Å²) in [6, 6.07) is 10.6. The van der Waals surface area contributed by atoms with Crippen LogP contribution in [0.5, 0.6) is 0 Å². The minimum Gasteiger partial charge on any atom is -0.378 e. The molecular weight excluding hydrogens is 471 g/mol. The molecule has 4 aromatic rings. The first-order valence-electron chi connectivity index (χ1n) is 12.2. The topological polar surface area (TPSA) is 67.9 Å². The van der Waals surface area contributed by atoms with E-state index in [2.05, 4.69) is 76.2 Å². The molecule has 1 fully saturated rings. The lowest BCUT2D eigenvalue weighted by atomic mass is 9.99. The number of aryl methyl sites for hydroxylation is 1. The smallest absolute Gasteiger partial charge is 0.278 e. The number of amides is 1. The Bertz CT molecular complexity index is 1430. The van der Waals surface area contributed by atoms with Crippen molar-refractivity contribution in [1.29, 1.82) is 0 Å². The summed E-state index contributed by atoms with van der Waals surface area (Å²) in [4.78, 5) is 21.8. The van der Waals surface area contributed by atoms with Crippen LogP contribution in [-0.2, 0) is 10.3 Å². The maximum Gasteiger partial charge on any atom is 0.278 e. The Morgan fingerprint density at radius 1 is 1.14 bits per heavy atom. The van der Waals surface area contributed by atoms with E-state index in [1.807, 2.05) is 27.5 Å². The van der Waals surface area contributed by atoms with Gasteiger partial charge in [-0.05, 0) is 80.0 Å². The van der Waals surface area contributed by atoms with Gasteiger partial charge in [-0.1, -0.05) is 0 Å². The Kier molecular flexibility index (Phi) is 6.35. The normalized spacial score (nSPS) is 14.4. The fourth-order valence-electron chi connectivity index (χ4n) is 4.59. The number of carbonyl (C=O) groups is 1. The molecule has 0 aliphatic carbocycles. The fourth-order valence-corrected chi connectivity index (χ4v) is 5.12. The van der Waals surface area contributed by atoms with E-state index < -0.39 is 0 Å². The molecule has 1 aliphatic rings. The predicted molar refractivity (Wildman–Crippen MR) is 148 cm³/mol. The molecule has 0 N–H and O–H groups in total. The Hall–Kier alpha value is -3.22. The molecule has 1 saturated heterocycles. The molecule has 0 spiro atoms. The highest BCUT2D eigenvalue weighted by Gasteiger charge is 2.23. The third kappa shape index (κ3) is 4.51. The highest BCUT2D eigenvalue weighted by molar-refractivity contribution is 7.28. The zero-order valence-corrected chi connectivity index (χ0v) is 22.7. The van der Waals surface area contributed by atoms with Gasteiger partial charge >= 0.3 is 0 Å². The highest BCUT2D eigenvalue weighted by atomic mass is 31.0. The standard InChI is InChI=1S/C27H33N6O2P/c1-18-12-24(36)23(30(5)26(34)22-16-32(17-28-22)27(2,3)4)15-21(18)19-13-20-6-7-29-33(20)25(14-19)31-8-10-35-11-9-31/h6-7,12-17H,8-11,36H2,1-5H3. The molecule has 36 heavy (non-hydrogen) atoms. The van der Waals surface area contributed by atoms with Crippen LogP contribution in [0.25, 0.3) is 16.6 Å². The van der Waals surface area contributed by atoms with Gasteiger partial charge in [0.05, 0.1) is 36.9 Å². The number of carbonyl (C=O) groups excluding carboxylic acids is 1. The molecule has 9 heteroatoms. The van der Waals surface area contributed by atoms with E-state index in [4.69, 9.17) is 4.74 Å². The lowest BCUT2D eigenvalue weighted by molar-refractivity contribution is 0.0988. The van der Waals surface area contributed by atoms with Gasteiger partial charge in [0, 0.05) is 31.9 Å². The third-order valence-corrected chi connectivity index (χ3v) is 7.20. The van der Waals surface area contributed by atoms with Crippen molar-refractivity contribution < 1.29 is 9.53 Å². The number of pyridine rings is 1. The summed E-state index contributed by atoms with van der Waals surface area (Å²) in [5.74, 6) is 0.903. The van der Waals surface area contributed by atoms with Crippen molar-refractivity contribution in [3.05, 3.63) is 60.3 Å². The van der Waals surface area contributed by atoms with Gasteiger partial charge in [0.15, 0.2) is 0 Å². The van der Waals surface area contributed by atoms with Gasteiger partial charge in [-0.25, -0.2) is 9.50 Å². The van der Waals surface area contributed by atoms with E-state index in [-0.39, 0.29) is 11.4 Å². The number of morpholine rings is 1. The molecule has 0 bridgehead atoms. The van der Waals surface area contributed by atoms with Crippen LogP contribution >= 0.6 is 9.24 Å². The molecule has 0 radical (unpaired) electrons. The lowest BCUT2D eigenvalue weighted by Gasteiger charge is -2.29. The maximum absolute atomic E-state index is 13.4. The first-order valence-corrected chi connectivity index (χ1v) is 12.7. The third-order valence-electron chi connectivity index (χ3n) is 6.74. The largest absolute Gasteiger partial charge is 0.378 e. The second kappa shape index (κ2) is 9.34. The zero-order valence-electron chi connectivity index (χ0n) is 21.5. The van der Waals surface area contributed by atoms with Crippen molar-refractivity contribution >= 4 is 37.5 Å². The number of hydrogen-bond donors (Lipinski definition) is 0. The van der Waals surface area contributed by atoms with E-state index in [1.165, 1.54) is 0 Å². The second-order valence-electron chi connectivity index (χ2n) is 10.3. The van der Waals surface area contributed by atoms with Crippen LogP contribution in [0.2, 0.25) is 0 Å². The van der Waals surface area contributed by atoms with Crippen LogP contribution in [0.1, 0.15) is 36.8 Å². The predicted octanol–water partition coefficient (Wildman–Crippen LogP) is 3.87. The van der Waals surface area contributed by atoms with Gasteiger partial charge < -0.3 is 19.1 Å². The van der Waals surface area contributed by atoms with E-state index in [0.29, 0.717) is 18.9 Å². The number of nitrogens with zero attached hydrogens (tertiary/aromatic N) is 6. The van der Waals surface area contributed by atoms with Gasteiger partial charge in [-0.15, -0.1) is 9.24 Å². The van der Waals surface area contributed by atoms with Crippen LogP contribution in [0.4, 0.5) is 11.5 Å². The number of rotatable bonds is 4. The summed E-state index contributed by atoms with van der Waals surface area (Å²) < 4.78 is 9.51. The SMILES string of the molecule is Cc1cc(P)c(N(C)C(=O)c2cn(C(C)(C)C)cn2)cc1-c1cc(N2CCOCC2)n2nccc2c1. The number of hydrogen-bond acceptors (Lipinski definition) is 5. The lowest BCUT2D eigenvalue weighted by Crippen LogP contribution is -2.37. The Balaban J connectivity index is 1.55. The molecule has 1 amide bonds. The molecular formula is C27H33N6O2P. The Morgan fingerprint density at radius 3 is 2.58 bits per heavy atom.